The summed E-state index contributed by atoms with van der Waals surface area (Å²) >= 11 is 11.4. The lowest BCUT2D eigenvalue weighted by molar-refractivity contribution is 0.306. The number of rotatable bonds is 5. The van der Waals surface area contributed by atoms with Crippen molar-refractivity contribution in [1.82, 2.24) is 14.9 Å². The maximum absolute atomic E-state index is 6.29. The number of ether oxygens (including phenoxy) is 1. The molecule has 3 rings (SSSR count). The highest BCUT2D eigenvalue weighted by molar-refractivity contribution is 7.71. The minimum atomic E-state index is 0.442. The van der Waals surface area contributed by atoms with Crippen LogP contribution in [-0.2, 0) is 6.61 Å². The summed E-state index contributed by atoms with van der Waals surface area (Å²) in [6.45, 7) is 2.29. The lowest BCUT2D eigenvalue weighted by Gasteiger charge is -2.08. The molecule has 1 N–H and O–H groups in total. The van der Waals surface area contributed by atoms with Crippen LogP contribution in [0.4, 0.5) is 0 Å². The smallest absolute Gasteiger partial charge is 0.216 e. The third-order valence-corrected chi connectivity index (χ3v) is 3.89. The van der Waals surface area contributed by atoms with Crippen LogP contribution in [0.15, 0.2) is 53.6 Å². The summed E-state index contributed by atoms with van der Waals surface area (Å²) in [6, 6.07) is 15.4. The molecule has 0 fully saturated rings. The molecule has 0 saturated heterocycles. The molecule has 2 aromatic carbocycles. The van der Waals surface area contributed by atoms with E-state index in [-0.39, 0.29) is 0 Å². The zero-order valence-electron chi connectivity index (χ0n) is 12.9. The highest BCUT2D eigenvalue weighted by atomic mass is 35.5. The molecule has 7 heteroatoms. The van der Waals surface area contributed by atoms with Crippen molar-refractivity contribution < 1.29 is 4.74 Å². The van der Waals surface area contributed by atoms with E-state index in [0.29, 0.717) is 28.0 Å². The Balaban J connectivity index is 1.72. The van der Waals surface area contributed by atoms with Gasteiger partial charge in [-0.2, -0.15) is 14.9 Å². The van der Waals surface area contributed by atoms with Gasteiger partial charge in [-0.3, -0.25) is 5.10 Å². The first-order valence-electron chi connectivity index (χ1n) is 7.28. The molecule has 24 heavy (non-hydrogen) atoms. The molecule has 0 aliphatic rings. The molecular weight excluding hydrogens is 344 g/mol. The number of aromatic nitrogens is 3. The van der Waals surface area contributed by atoms with E-state index >= 15 is 0 Å². The van der Waals surface area contributed by atoms with Crippen molar-refractivity contribution in [2.24, 2.45) is 5.10 Å². The first-order chi connectivity index (χ1) is 11.6. The SMILES string of the molecule is Cc1n[nH]c(=S)n1/N=C\c1ccc(OCc2ccccc2)c(Cl)c1. The number of hydrogen-bond donors (Lipinski definition) is 1. The molecule has 0 aliphatic heterocycles. The molecule has 0 amide bonds. The maximum atomic E-state index is 6.29. The van der Waals surface area contributed by atoms with E-state index in [9.17, 15) is 0 Å². The van der Waals surface area contributed by atoms with Gasteiger partial charge in [0.05, 0.1) is 11.2 Å². The summed E-state index contributed by atoms with van der Waals surface area (Å²) in [5.74, 6) is 1.32. The summed E-state index contributed by atoms with van der Waals surface area (Å²) in [4.78, 5) is 0. The molecule has 0 atom stereocenters. The van der Waals surface area contributed by atoms with Crippen molar-refractivity contribution in [3.05, 3.63) is 75.3 Å². The molecule has 0 aliphatic carbocycles. The third kappa shape index (κ3) is 3.90. The minimum absolute atomic E-state index is 0.442. The predicted molar refractivity (Wildman–Crippen MR) is 97.4 cm³/mol. The van der Waals surface area contributed by atoms with Gasteiger partial charge in [-0.15, -0.1) is 0 Å². The largest absolute Gasteiger partial charge is 0.487 e. The van der Waals surface area contributed by atoms with Crippen LogP contribution < -0.4 is 4.74 Å². The monoisotopic (exact) mass is 358 g/mol. The second-order valence-electron chi connectivity index (χ2n) is 5.10. The summed E-state index contributed by atoms with van der Waals surface area (Å²) in [7, 11) is 0. The second kappa shape index (κ2) is 7.42. The van der Waals surface area contributed by atoms with Gasteiger partial charge >= 0.3 is 0 Å². The summed E-state index contributed by atoms with van der Waals surface area (Å²) in [6.07, 6.45) is 1.67. The fourth-order valence-corrected chi connectivity index (χ4v) is 2.55. The Kier molecular flexibility index (Phi) is 5.08. The quantitative estimate of drug-likeness (QED) is 0.544. The molecule has 0 bridgehead atoms. The Bertz CT molecular complexity index is 918. The molecule has 0 unspecified atom stereocenters. The average molecular weight is 359 g/mol. The van der Waals surface area contributed by atoms with Gasteiger partial charge in [0.25, 0.3) is 0 Å². The van der Waals surface area contributed by atoms with Crippen LogP contribution in [0, 0.1) is 11.7 Å². The summed E-state index contributed by atoms with van der Waals surface area (Å²) in [5.41, 5.74) is 1.93. The molecule has 0 spiro atoms. The standard InChI is InChI=1S/C17H15ClN4OS/c1-12-20-21-17(24)22(12)19-10-14-7-8-16(15(18)9-14)23-11-13-5-3-2-4-6-13/h2-10H,11H2,1H3,(H,21,24)/b19-10-. The summed E-state index contributed by atoms with van der Waals surface area (Å²) < 4.78 is 7.74. The van der Waals surface area contributed by atoms with E-state index < -0.39 is 0 Å². The fraction of sp³-hybridized carbons (Fsp3) is 0.118. The van der Waals surface area contributed by atoms with Crippen molar-refractivity contribution in [2.75, 3.05) is 0 Å². The molecule has 0 saturated carbocycles. The van der Waals surface area contributed by atoms with Crippen LogP contribution in [-0.4, -0.2) is 21.1 Å². The number of hydrogen-bond acceptors (Lipinski definition) is 4. The van der Waals surface area contributed by atoms with Gasteiger partial charge in [0.1, 0.15) is 18.2 Å². The van der Waals surface area contributed by atoms with E-state index in [0.717, 1.165) is 11.1 Å². The summed E-state index contributed by atoms with van der Waals surface area (Å²) in [5, 5.41) is 11.5. The minimum Gasteiger partial charge on any atom is -0.487 e. The van der Waals surface area contributed by atoms with Gasteiger partial charge < -0.3 is 4.74 Å². The number of aromatic amines is 1. The molecule has 1 heterocycles. The van der Waals surface area contributed by atoms with Crippen molar-refractivity contribution in [2.45, 2.75) is 13.5 Å². The van der Waals surface area contributed by atoms with E-state index in [1.165, 1.54) is 0 Å². The lowest BCUT2D eigenvalue weighted by Crippen LogP contribution is -1.97. The first-order valence-corrected chi connectivity index (χ1v) is 8.07. The van der Waals surface area contributed by atoms with Gasteiger partial charge in [0, 0.05) is 0 Å². The lowest BCUT2D eigenvalue weighted by atomic mass is 10.2. The van der Waals surface area contributed by atoms with Crippen molar-refractivity contribution in [1.29, 1.82) is 0 Å². The van der Waals surface area contributed by atoms with Crippen molar-refractivity contribution in [3.8, 4) is 5.75 Å². The number of nitrogens with one attached hydrogen (secondary N) is 1. The van der Waals surface area contributed by atoms with Crippen molar-refractivity contribution in [3.63, 3.8) is 0 Å². The van der Waals surface area contributed by atoms with Gasteiger partial charge in [-0.1, -0.05) is 41.9 Å². The van der Waals surface area contributed by atoms with Gasteiger partial charge in [-0.25, -0.2) is 0 Å². The Labute approximate surface area is 149 Å². The first kappa shape index (κ1) is 16.4. The topological polar surface area (TPSA) is 55.2 Å². The number of aryl methyl sites for hydroxylation is 1. The number of benzene rings is 2. The highest BCUT2D eigenvalue weighted by Gasteiger charge is 2.04. The van der Waals surface area contributed by atoms with Crippen LogP contribution in [0.5, 0.6) is 5.75 Å². The predicted octanol–water partition coefficient (Wildman–Crippen LogP) is 4.36. The number of H-pyrrole nitrogens is 1. The zero-order chi connectivity index (χ0) is 16.9. The maximum Gasteiger partial charge on any atom is 0.216 e. The molecule has 1 aromatic heterocycles. The Morgan fingerprint density at radius 3 is 2.75 bits per heavy atom. The molecule has 3 aromatic rings. The molecular formula is C17H15ClN4OS. The van der Waals surface area contributed by atoms with Crippen LogP contribution >= 0.6 is 23.8 Å². The zero-order valence-corrected chi connectivity index (χ0v) is 14.5. The fourth-order valence-electron chi connectivity index (χ4n) is 2.08. The van der Waals surface area contributed by atoms with Crippen molar-refractivity contribution >= 4 is 30.0 Å². The van der Waals surface area contributed by atoms with Crippen LogP contribution in [0.25, 0.3) is 0 Å². The molecule has 122 valence electrons. The van der Waals surface area contributed by atoms with Gasteiger partial charge in [0.2, 0.25) is 4.77 Å². The average Bonchev–Trinajstić information content (AvgIpc) is 2.91. The second-order valence-corrected chi connectivity index (χ2v) is 5.89. The van der Waals surface area contributed by atoms with E-state index in [2.05, 4.69) is 15.3 Å². The highest BCUT2D eigenvalue weighted by Crippen LogP contribution is 2.25. The Morgan fingerprint density at radius 1 is 1.29 bits per heavy atom. The Hall–Kier alpha value is -2.44. The van der Waals surface area contributed by atoms with Crippen LogP contribution in [0.3, 0.4) is 0 Å². The number of halogens is 1. The van der Waals surface area contributed by atoms with E-state index in [1.54, 1.807) is 17.0 Å². The van der Waals surface area contributed by atoms with Gasteiger partial charge in [-0.05, 0) is 48.5 Å². The van der Waals surface area contributed by atoms with E-state index in [4.69, 9.17) is 28.6 Å². The van der Waals surface area contributed by atoms with Gasteiger partial charge in [0.15, 0.2) is 0 Å². The van der Waals surface area contributed by atoms with Crippen LogP contribution in [0.2, 0.25) is 5.02 Å². The van der Waals surface area contributed by atoms with E-state index in [1.807, 2.05) is 49.4 Å². The Morgan fingerprint density at radius 2 is 2.08 bits per heavy atom. The van der Waals surface area contributed by atoms with Crippen LogP contribution in [0.1, 0.15) is 17.0 Å². The number of nitrogens with zero attached hydrogens (tertiary/aromatic N) is 3. The molecule has 5 nitrogen and oxygen atoms in total. The normalized spacial score (nSPS) is 11.1. The third-order valence-electron chi connectivity index (χ3n) is 3.33. The molecule has 0 radical (unpaired) electrons.